The summed E-state index contributed by atoms with van der Waals surface area (Å²) >= 11 is 0. The van der Waals surface area contributed by atoms with E-state index < -0.39 is 0 Å². The van der Waals surface area contributed by atoms with Crippen LogP contribution in [-0.4, -0.2) is 15.0 Å². The summed E-state index contributed by atoms with van der Waals surface area (Å²) in [4.78, 5) is 15.2. The molecular formula is C51H35N3O. The van der Waals surface area contributed by atoms with E-state index in [0.29, 0.717) is 11.6 Å². The molecule has 9 aromatic rings. The molecule has 1 aliphatic carbocycles. The highest BCUT2D eigenvalue weighted by atomic mass is 16.3. The average Bonchev–Trinajstić information content (AvgIpc) is 3.66. The molecular weight excluding hydrogens is 671 g/mol. The smallest absolute Gasteiger partial charge is 0.164 e. The van der Waals surface area contributed by atoms with E-state index in [0.717, 1.165) is 62.0 Å². The van der Waals surface area contributed by atoms with Gasteiger partial charge in [-0.2, -0.15) is 0 Å². The number of rotatable bonds is 7. The second-order valence-electron chi connectivity index (χ2n) is 13.9. The summed E-state index contributed by atoms with van der Waals surface area (Å²) in [6, 6.07) is 59.6. The fourth-order valence-corrected chi connectivity index (χ4v) is 7.71. The quantitative estimate of drug-likeness (QED) is 0.166. The van der Waals surface area contributed by atoms with Gasteiger partial charge in [0.05, 0.1) is 0 Å². The number of allylic oxidation sites excluding steroid dienone is 4. The highest BCUT2D eigenvalue weighted by Gasteiger charge is 2.20. The zero-order chi connectivity index (χ0) is 36.6. The number of hydrogen-bond acceptors (Lipinski definition) is 4. The lowest BCUT2D eigenvalue weighted by molar-refractivity contribution is 0.669. The lowest BCUT2D eigenvalue weighted by Crippen LogP contribution is -2.07. The normalized spacial score (nSPS) is 13.8. The predicted octanol–water partition coefficient (Wildman–Crippen LogP) is 13.4. The summed E-state index contributed by atoms with van der Waals surface area (Å²) in [5.74, 6) is 2.15. The van der Waals surface area contributed by atoms with Gasteiger partial charge in [-0.3, -0.25) is 0 Å². The standard InChI is InChI=1S/C51H35N3O/c1-4-15-34(16-5-1)42-25-10-11-26-43(42)41-24-13-23-39(32-41)37-21-12-22-38(31-37)40-29-30-46-45(33-40)48-44(27-14-28-47(48)55-46)51-53-49(35-17-6-2-7-18-35)52-50(54-51)36-19-8-3-9-20-36/h1-19,21-33,36H,20H2. The first-order valence-electron chi connectivity index (χ1n) is 18.7. The van der Waals surface area contributed by atoms with Crippen molar-refractivity contribution < 1.29 is 4.42 Å². The van der Waals surface area contributed by atoms with Crippen molar-refractivity contribution in [2.24, 2.45) is 0 Å². The molecule has 4 heteroatoms. The molecule has 0 saturated heterocycles. The topological polar surface area (TPSA) is 51.8 Å². The van der Waals surface area contributed by atoms with Crippen LogP contribution in [0.3, 0.4) is 0 Å². The van der Waals surface area contributed by atoms with Crippen LogP contribution < -0.4 is 0 Å². The Morgan fingerprint density at radius 1 is 0.418 bits per heavy atom. The fourth-order valence-electron chi connectivity index (χ4n) is 7.71. The van der Waals surface area contributed by atoms with Gasteiger partial charge in [-0.05, 0) is 81.3 Å². The maximum atomic E-state index is 6.47. The van der Waals surface area contributed by atoms with Gasteiger partial charge in [0, 0.05) is 27.8 Å². The van der Waals surface area contributed by atoms with Gasteiger partial charge in [-0.15, -0.1) is 0 Å². The van der Waals surface area contributed by atoms with E-state index in [9.17, 15) is 0 Å². The largest absolute Gasteiger partial charge is 0.456 e. The molecule has 0 aliphatic heterocycles. The van der Waals surface area contributed by atoms with Crippen molar-refractivity contribution in [3.8, 4) is 67.3 Å². The van der Waals surface area contributed by atoms with Crippen LogP contribution in [0, 0.1) is 0 Å². The first-order chi connectivity index (χ1) is 27.2. The number of hydrogen-bond donors (Lipinski definition) is 0. The minimum Gasteiger partial charge on any atom is -0.456 e. The summed E-state index contributed by atoms with van der Waals surface area (Å²) in [5, 5.41) is 2.02. The van der Waals surface area contributed by atoms with Crippen LogP contribution in [0.1, 0.15) is 18.2 Å². The van der Waals surface area contributed by atoms with Gasteiger partial charge in [-0.1, -0.05) is 164 Å². The second-order valence-corrected chi connectivity index (χ2v) is 13.9. The van der Waals surface area contributed by atoms with Gasteiger partial charge >= 0.3 is 0 Å². The first-order valence-corrected chi connectivity index (χ1v) is 18.7. The lowest BCUT2D eigenvalue weighted by atomic mass is 9.92. The molecule has 4 nitrogen and oxygen atoms in total. The number of fused-ring (bicyclic) bond motifs is 3. The van der Waals surface area contributed by atoms with Gasteiger partial charge in [0.15, 0.2) is 11.6 Å². The Labute approximate surface area is 319 Å². The molecule has 55 heavy (non-hydrogen) atoms. The van der Waals surface area contributed by atoms with E-state index in [1.165, 1.54) is 27.8 Å². The monoisotopic (exact) mass is 705 g/mol. The van der Waals surface area contributed by atoms with E-state index >= 15 is 0 Å². The molecule has 0 radical (unpaired) electrons. The number of benzene rings is 7. The van der Waals surface area contributed by atoms with Crippen molar-refractivity contribution in [1.29, 1.82) is 0 Å². The van der Waals surface area contributed by atoms with Crippen LogP contribution in [0.15, 0.2) is 199 Å². The fraction of sp³-hybridized carbons (Fsp3) is 0.0392. The number of nitrogens with zero attached hydrogens (tertiary/aromatic N) is 3. The molecule has 1 unspecified atom stereocenters. The van der Waals surface area contributed by atoms with Crippen LogP contribution in [0.2, 0.25) is 0 Å². The zero-order valence-electron chi connectivity index (χ0n) is 30.0. The molecule has 0 spiro atoms. The van der Waals surface area contributed by atoms with Gasteiger partial charge < -0.3 is 4.42 Å². The van der Waals surface area contributed by atoms with Crippen molar-refractivity contribution in [3.05, 3.63) is 200 Å². The molecule has 0 N–H and O–H groups in total. The Balaban J connectivity index is 1.06. The minimum absolute atomic E-state index is 0.0766. The van der Waals surface area contributed by atoms with Crippen molar-refractivity contribution in [1.82, 2.24) is 15.0 Å². The number of furan rings is 1. The molecule has 0 bridgehead atoms. The second kappa shape index (κ2) is 14.0. The maximum absolute atomic E-state index is 6.47. The van der Waals surface area contributed by atoms with Crippen molar-refractivity contribution >= 4 is 21.9 Å². The minimum atomic E-state index is 0.0766. The Kier molecular flexibility index (Phi) is 8.27. The summed E-state index contributed by atoms with van der Waals surface area (Å²) in [6.45, 7) is 0. The third-order valence-electron chi connectivity index (χ3n) is 10.4. The van der Waals surface area contributed by atoms with Crippen molar-refractivity contribution in [2.75, 3.05) is 0 Å². The van der Waals surface area contributed by atoms with Crippen LogP contribution in [0.4, 0.5) is 0 Å². The van der Waals surface area contributed by atoms with E-state index in [1.807, 2.05) is 42.5 Å². The molecule has 260 valence electrons. The van der Waals surface area contributed by atoms with E-state index in [4.69, 9.17) is 19.4 Å². The third-order valence-corrected chi connectivity index (χ3v) is 10.4. The third kappa shape index (κ3) is 6.24. The predicted molar refractivity (Wildman–Crippen MR) is 225 cm³/mol. The SMILES string of the molecule is C1=CCC(c2nc(-c3ccccc3)nc(-c3cccc4oc5ccc(-c6cccc(-c7cccc(-c8ccccc8-c8ccccc8)c7)c6)cc5c34)n2)C=C1. The van der Waals surface area contributed by atoms with E-state index in [1.54, 1.807) is 0 Å². The van der Waals surface area contributed by atoms with Crippen LogP contribution >= 0.6 is 0 Å². The molecule has 0 amide bonds. The Morgan fingerprint density at radius 3 is 1.73 bits per heavy atom. The highest BCUT2D eigenvalue weighted by Crippen LogP contribution is 2.40. The zero-order valence-corrected chi connectivity index (χ0v) is 30.0. The first kappa shape index (κ1) is 32.5. The average molecular weight is 706 g/mol. The van der Waals surface area contributed by atoms with E-state index in [-0.39, 0.29) is 5.92 Å². The Bertz CT molecular complexity index is 2910. The molecule has 1 aliphatic rings. The van der Waals surface area contributed by atoms with Gasteiger partial charge in [0.25, 0.3) is 0 Å². The molecule has 2 heterocycles. The summed E-state index contributed by atoms with van der Waals surface area (Å²) in [7, 11) is 0. The summed E-state index contributed by atoms with van der Waals surface area (Å²) in [5.41, 5.74) is 12.9. The van der Waals surface area contributed by atoms with Gasteiger partial charge in [0.1, 0.15) is 17.0 Å². The molecule has 7 aromatic carbocycles. The van der Waals surface area contributed by atoms with Crippen LogP contribution in [0.25, 0.3) is 89.2 Å². The summed E-state index contributed by atoms with van der Waals surface area (Å²) in [6.07, 6.45) is 9.33. The van der Waals surface area contributed by atoms with Crippen LogP contribution in [0.5, 0.6) is 0 Å². The Hall–Kier alpha value is -7.17. The van der Waals surface area contributed by atoms with Crippen molar-refractivity contribution in [3.63, 3.8) is 0 Å². The maximum Gasteiger partial charge on any atom is 0.164 e. The molecule has 0 saturated carbocycles. The molecule has 2 aromatic heterocycles. The van der Waals surface area contributed by atoms with Gasteiger partial charge in [-0.25, -0.2) is 15.0 Å². The van der Waals surface area contributed by atoms with Gasteiger partial charge in [0.2, 0.25) is 0 Å². The lowest BCUT2D eigenvalue weighted by Gasteiger charge is -2.14. The molecule has 1 atom stereocenters. The molecule has 0 fully saturated rings. The highest BCUT2D eigenvalue weighted by molar-refractivity contribution is 6.12. The molecule has 10 rings (SSSR count). The van der Waals surface area contributed by atoms with E-state index in [2.05, 4.69) is 152 Å². The summed E-state index contributed by atoms with van der Waals surface area (Å²) < 4.78 is 6.47. The Morgan fingerprint density at radius 2 is 1.00 bits per heavy atom. The van der Waals surface area contributed by atoms with Crippen molar-refractivity contribution in [2.45, 2.75) is 12.3 Å². The van der Waals surface area contributed by atoms with Crippen LogP contribution in [-0.2, 0) is 0 Å². The number of aromatic nitrogens is 3.